The largest absolute Gasteiger partial charge is 0.495 e. The van der Waals surface area contributed by atoms with Crippen LogP contribution in [0.25, 0.3) is 11.6 Å². The fourth-order valence-corrected chi connectivity index (χ4v) is 2.75. The molecule has 0 saturated carbocycles. The Bertz CT molecular complexity index is 945. The molecule has 0 radical (unpaired) electrons. The number of rotatable bonds is 4. The number of anilines is 1. The van der Waals surface area contributed by atoms with E-state index in [-0.39, 0.29) is 11.8 Å². The minimum atomic E-state index is -0.184. The maximum Gasteiger partial charge on any atom is 0.256 e. The van der Waals surface area contributed by atoms with E-state index in [1.54, 1.807) is 32.5 Å². The SMILES string of the molecule is CNC(=O)CCC#Cc1cccc2c1/C(=C/c1[nH]ccc1OC)C(=O)N2. The van der Waals surface area contributed by atoms with Crippen molar-refractivity contribution in [3.05, 3.63) is 47.3 Å². The molecule has 6 heteroatoms. The van der Waals surface area contributed by atoms with E-state index in [1.165, 1.54) is 0 Å². The average Bonchev–Trinajstić information content (AvgIpc) is 3.23. The van der Waals surface area contributed by atoms with Gasteiger partial charge in [0, 0.05) is 37.2 Å². The van der Waals surface area contributed by atoms with Crippen LogP contribution in [0, 0.1) is 11.8 Å². The number of nitrogens with one attached hydrogen (secondary N) is 3. The van der Waals surface area contributed by atoms with Gasteiger partial charge in [-0.25, -0.2) is 0 Å². The molecule has 1 aliphatic rings. The maximum absolute atomic E-state index is 12.4. The van der Waals surface area contributed by atoms with Gasteiger partial charge in [0.2, 0.25) is 5.91 Å². The minimum Gasteiger partial charge on any atom is -0.495 e. The van der Waals surface area contributed by atoms with Crippen molar-refractivity contribution in [2.75, 3.05) is 19.5 Å². The highest BCUT2D eigenvalue weighted by Gasteiger charge is 2.26. The fraction of sp³-hybridized carbons (Fsp3) is 0.200. The van der Waals surface area contributed by atoms with Gasteiger partial charge in [0.05, 0.1) is 24.1 Å². The number of ether oxygens (including phenoxy) is 1. The fourth-order valence-electron chi connectivity index (χ4n) is 2.75. The zero-order chi connectivity index (χ0) is 18.5. The molecule has 1 aliphatic heterocycles. The van der Waals surface area contributed by atoms with E-state index in [1.807, 2.05) is 18.2 Å². The van der Waals surface area contributed by atoms with Crippen molar-refractivity contribution < 1.29 is 14.3 Å². The minimum absolute atomic E-state index is 0.0474. The summed E-state index contributed by atoms with van der Waals surface area (Å²) in [7, 11) is 3.18. The van der Waals surface area contributed by atoms with E-state index in [9.17, 15) is 9.59 Å². The van der Waals surface area contributed by atoms with Crippen LogP contribution in [0.2, 0.25) is 0 Å². The number of hydrogen-bond acceptors (Lipinski definition) is 3. The second-order valence-corrected chi connectivity index (χ2v) is 5.67. The second-order valence-electron chi connectivity index (χ2n) is 5.67. The average molecular weight is 349 g/mol. The van der Waals surface area contributed by atoms with Gasteiger partial charge in [-0.15, -0.1) is 0 Å². The molecule has 3 N–H and O–H groups in total. The van der Waals surface area contributed by atoms with Crippen LogP contribution in [0.15, 0.2) is 30.5 Å². The topological polar surface area (TPSA) is 83.2 Å². The lowest BCUT2D eigenvalue weighted by atomic mass is 9.99. The van der Waals surface area contributed by atoms with Crippen LogP contribution < -0.4 is 15.4 Å². The molecule has 2 heterocycles. The lowest BCUT2D eigenvalue weighted by Gasteiger charge is -2.03. The van der Waals surface area contributed by atoms with Crippen molar-refractivity contribution in [1.29, 1.82) is 0 Å². The molecule has 0 atom stereocenters. The molecule has 0 aliphatic carbocycles. The quantitative estimate of drug-likeness (QED) is 0.585. The summed E-state index contributed by atoms with van der Waals surface area (Å²) < 4.78 is 5.29. The molecule has 132 valence electrons. The molecule has 1 aromatic heterocycles. The van der Waals surface area contributed by atoms with Crippen molar-refractivity contribution in [3.63, 3.8) is 0 Å². The van der Waals surface area contributed by atoms with Crippen LogP contribution in [0.4, 0.5) is 5.69 Å². The van der Waals surface area contributed by atoms with Gasteiger partial charge in [0.15, 0.2) is 0 Å². The first-order valence-corrected chi connectivity index (χ1v) is 8.21. The summed E-state index contributed by atoms with van der Waals surface area (Å²) in [5.41, 5.74) is 3.48. The van der Waals surface area contributed by atoms with Crippen molar-refractivity contribution in [1.82, 2.24) is 10.3 Å². The van der Waals surface area contributed by atoms with Gasteiger partial charge >= 0.3 is 0 Å². The van der Waals surface area contributed by atoms with Crippen molar-refractivity contribution in [3.8, 4) is 17.6 Å². The monoisotopic (exact) mass is 349 g/mol. The van der Waals surface area contributed by atoms with Gasteiger partial charge in [0.1, 0.15) is 5.75 Å². The normalized spacial score (nSPS) is 13.6. The van der Waals surface area contributed by atoms with Gasteiger partial charge in [-0.1, -0.05) is 17.9 Å². The lowest BCUT2D eigenvalue weighted by molar-refractivity contribution is -0.120. The third-order valence-electron chi connectivity index (χ3n) is 4.05. The smallest absolute Gasteiger partial charge is 0.256 e. The van der Waals surface area contributed by atoms with Gasteiger partial charge in [0.25, 0.3) is 5.91 Å². The Morgan fingerprint density at radius 3 is 2.96 bits per heavy atom. The number of carbonyl (C=O) groups excluding carboxylic acids is 2. The number of carbonyl (C=O) groups is 2. The molecule has 6 nitrogen and oxygen atoms in total. The van der Waals surface area contributed by atoms with E-state index >= 15 is 0 Å². The van der Waals surface area contributed by atoms with Crippen LogP contribution in [0.3, 0.4) is 0 Å². The van der Waals surface area contributed by atoms with E-state index in [2.05, 4.69) is 27.5 Å². The number of fused-ring (bicyclic) bond motifs is 1. The molecule has 2 amide bonds. The first kappa shape index (κ1) is 17.4. The number of H-pyrrole nitrogens is 1. The lowest BCUT2D eigenvalue weighted by Crippen LogP contribution is -2.16. The van der Waals surface area contributed by atoms with Gasteiger partial charge in [-0.2, -0.15) is 0 Å². The summed E-state index contributed by atoms with van der Waals surface area (Å²) in [4.78, 5) is 26.8. The Hall–Kier alpha value is -3.46. The molecule has 0 fully saturated rings. The molecule has 3 rings (SSSR count). The van der Waals surface area contributed by atoms with Crippen LogP contribution in [-0.2, 0) is 9.59 Å². The highest BCUT2D eigenvalue weighted by Crippen LogP contribution is 2.36. The Morgan fingerprint density at radius 2 is 2.19 bits per heavy atom. The first-order valence-electron chi connectivity index (χ1n) is 8.21. The van der Waals surface area contributed by atoms with E-state index in [0.717, 1.165) is 16.8 Å². The number of amides is 2. The van der Waals surface area contributed by atoms with E-state index in [4.69, 9.17) is 4.74 Å². The molecule has 26 heavy (non-hydrogen) atoms. The molecule has 0 bridgehead atoms. The predicted octanol–water partition coefficient (Wildman–Crippen LogP) is 2.39. The highest BCUT2D eigenvalue weighted by atomic mass is 16.5. The maximum atomic E-state index is 12.4. The first-order chi connectivity index (χ1) is 12.6. The zero-order valence-corrected chi connectivity index (χ0v) is 14.6. The molecule has 0 unspecified atom stereocenters. The van der Waals surface area contributed by atoms with Gasteiger partial charge in [-0.05, 0) is 24.3 Å². The van der Waals surface area contributed by atoms with Crippen molar-refractivity contribution in [2.24, 2.45) is 0 Å². The third kappa shape index (κ3) is 3.47. The predicted molar refractivity (Wildman–Crippen MR) is 100 cm³/mol. The van der Waals surface area contributed by atoms with Crippen LogP contribution in [0.1, 0.15) is 29.7 Å². The molecule has 0 spiro atoms. The number of aromatic nitrogens is 1. The van der Waals surface area contributed by atoms with Crippen LogP contribution in [0.5, 0.6) is 5.75 Å². The summed E-state index contributed by atoms with van der Waals surface area (Å²) in [5, 5.41) is 5.43. The number of benzene rings is 1. The Morgan fingerprint density at radius 1 is 1.35 bits per heavy atom. The van der Waals surface area contributed by atoms with Crippen LogP contribution >= 0.6 is 0 Å². The Balaban J connectivity index is 1.95. The number of methoxy groups -OCH3 is 1. The molecule has 0 saturated heterocycles. The van der Waals surface area contributed by atoms with E-state index in [0.29, 0.717) is 29.9 Å². The van der Waals surface area contributed by atoms with Crippen molar-refractivity contribution >= 4 is 29.2 Å². The summed E-state index contributed by atoms with van der Waals surface area (Å²) in [6, 6.07) is 7.35. The van der Waals surface area contributed by atoms with E-state index < -0.39 is 0 Å². The molecule has 2 aromatic rings. The summed E-state index contributed by atoms with van der Waals surface area (Å²) in [6.45, 7) is 0. The standard InChI is InChI=1S/C20H19N3O3/c1-21-18(24)9-4-3-6-13-7-5-8-15-19(13)14(20(25)23-15)12-16-17(26-2)10-11-22-16/h5,7-8,10-12,22H,4,9H2,1-2H3,(H,21,24)(H,23,25)/b14-12-. The zero-order valence-electron chi connectivity index (χ0n) is 14.6. The number of hydrogen-bond donors (Lipinski definition) is 3. The second kappa shape index (κ2) is 7.62. The summed E-state index contributed by atoms with van der Waals surface area (Å²) >= 11 is 0. The molecule has 1 aromatic carbocycles. The summed E-state index contributed by atoms with van der Waals surface area (Å²) in [6.07, 6.45) is 4.31. The highest BCUT2D eigenvalue weighted by molar-refractivity contribution is 6.35. The molecular formula is C20H19N3O3. The Labute approximate surface area is 151 Å². The van der Waals surface area contributed by atoms with Crippen molar-refractivity contribution in [2.45, 2.75) is 12.8 Å². The van der Waals surface area contributed by atoms with Gasteiger partial charge < -0.3 is 20.4 Å². The summed E-state index contributed by atoms with van der Waals surface area (Å²) in [5.74, 6) is 6.51. The number of aromatic amines is 1. The Kier molecular flexibility index (Phi) is 5.09. The third-order valence-corrected chi connectivity index (χ3v) is 4.05. The molecular weight excluding hydrogens is 330 g/mol. The van der Waals surface area contributed by atoms with Gasteiger partial charge in [-0.3, -0.25) is 9.59 Å². The van der Waals surface area contributed by atoms with Crippen LogP contribution in [-0.4, -0.2) is 31.0 Å².